The van der Waals surface area contributed by atoms with Crippen LogP contribution in [0.3, 0.4) is 0 Å². The number of nitrogens with zero attached hydrogens (tertiary/aromatic N) is 3. The Morgan fingerprint density at radius 3 is 2.81 bits per heavy atom. The van der Waals surface area contributed by atoms with Crippen molar-refractivity contribution in [2.24, 2.45) is 0 Å². The Kier molecular flexibility index (Phi) is 4.37. The molecule has 1 aliphatic heterocycles. The lowest BCUT2D eigenvalue weighted by molar-refractivity contribution is 0.0894. The molecule has 0 radical (unpaired) electrons. The molecular formula is C19H16FN5O2. The minimum absolute atomic E-state index is 0.163. The van der Waals surface area contributed by atoms with Gasteiger partial charge in [0.25, 0.3) is 11.8 Å². The SMILES string of the molecule is O=C(NCc1ccccn1)c1cn2c(n1)C(=O)NC(c1ccc(F)cc1)C2. The summed E-state index contributed by atoms with van der Waals surface area (Å²) in [5.41, 5.74) is 1.67. The predicted molar refractivity (Wildman–Crippen MR) is 94.2 cm³/mol. The first-order chi connectivity index (χ1) is 13.1. The van der Waals surface area contributed by atoms with Crippen molar-refractivity contribution in [3.8, 4) is 0 Å². The summed E-state index contributed by atoms with van der Waals surface area (Å²) in [7, 11) is 0. The Balaban J connectivity index is 1.49. The Bertz CT molecular complexity index is 985. The average Bonchev–Trinajstić information content (AvgIpc) is 3.12. The number of amides is 2. The Labute approximate surface area is 154 Å². The quantitative estimate of drug-likeness (QED) is 0.738. The van der Waals surface area contributed by atoms with Crippen molar-refractivity contribution in [3.05, 3.63) is 83.5 Å². The molecule has 8 heteroatoms. The van der Waals surface area contributed by atoms with Crippen LogP contribution in [0.4, 0.5) is 4.39 Å². The predicted octanol–water partition coefficient (Wildman–Crippen LogP) is 1.83. The molecule has 3 heterocycles. The van der Waals surface area contributed by atoms with Crippen LogP contribution in [0, 0.1) is 5.82 Å². The third kappa shape index (κ3) is 3.55. The van der Waals surface area contributed by atoms with Crippen LogP contribution in [-0.2, 0) is 13.1 Å². The van der Waals surface area contributed by atoms with Gasteiger partial charge in [0.15, 0.2) is 5.82 Å². The lowest BCUT2D eigenvalue weighted by Gasteiger charge is -2.25. The number of nitrogens with one attached hydrogen (secondary N) is 2. The number of pyridine rings is 1. The second kappa shape index (κ2) is 6.99. The molecule has 2 N–H and O–H groups in total. The maximum Gasteiger partial charge on any atom is 0.287 e. The average molecular weight is 365 g/mol. The van der Waals surface area contributed by atoms with Crippen LogP contribution < -0.4 is 10.6 Å². The fourth-order valence-electron chi connectivity index (χ4n) is 2.96. The third-order valence-electron chi connectivity index (χ3n) is 4.33. The van der Waals surface area contributed by atoms with Gasteiger partial charge in [0.2, 0.25) is 0 Å². The zero-order chi connectivity index (χ0) is 18.8. The molecule has 0 spiro atoms. The van der Waals surface area contributed by atoms with Crippen LogP contribution in [0.15, 0.2) is 54.9 Å². The molecule has 7 nitrogen and oxygen atoms in total. The summed E-state index contributed by atoms with van der Waals surface area (Å²) in [5.74, 6) is -0.916. The van der Waals surface area contributed by atoms with E-state index in [1.807, 2.05) is 6.07 Å². The normalized spacial score (nSPS) is 15.7. The number of benzene rings is 1. The lowest BCUT2D eigenvalue weighted by atomic mass is 10.1. The minimum Gasteiger partial charge on any atom is -0.345 e. The zero-order valence-corrected chi connectivity index (χ0v) is 14.2. The van der Waals surface area contributed by atoms with Crippen molar-refractivity contribution in [2.75, 3.05) is 0 Å². The largest absolute Gasteiger partial charge is 0.345 e. The number of aromatic nitrogens is 3. The number of carbonyl (C=O) groups excluding carboxylic acids is 2. The summed E-state index contributed by atoms with van der Waals surface area (Å²) < 4.78 is 14.7. The fourth-order valence-corrected chi connectivity index (χ4v) is 2.96. The molecule has 2 aromatic heterocycles. The topological polar surface area (TPSA) is 88.9 Å². The maximum absolute atomic E-state index is 13.1. The molecule has 1 aromatic carbocycles. The van der Waals surface area contributed by atoms with Gasteiger partial charge in [-0.25, -0.2) is 9.37 Å². The molecule has 3 aromatic rings. The summed E-state index contributed by atoms with van der Waals surface area (Å²) in [6, 6.07) is 11.1. The van der Waals surface area contributed by atoms with E-state index in [0.717, 1.165) is 11.3 Å². The van der Waals surface area contributed by atoms with Gasteiger partial charge in [-0.15, -0.1) is 0 Å². The van der Waals surface area contributed by atoms with E-state index in [1.54, 1.807) is 41.2 Å². The molecule has 0 saturated carbocycles. The van der Waals surface area contributed by atoms with Crippen molar-refractivity contribution < 1.29 is 14.0 Å². The lowest BCUT2D eigenvalue weighted by Crippen LogP contribution is -2.38. The van der Waals surface area contributed by atoms with Gasteiger partial charge < -0.3 is 15.2 Å². The first-order valence-corrected chi connectivity index (χ1v) is 8.42. The van der Waals surface area contributed by atoms with Gasteiger partial charge in [-0.3, -0.25) is 14.6 Å². The Morgan fingerprint density at radius 2 is 2.07 bits per heavy atom. The third-order valence-corrected chi connectivity index (χ3v) is 4.33. The molecule has 136 valence electrons. The number of imidazole rings is 1. The van der Waals surface area contributed by atoms with E-state index in [-0.39, 0.29) is 41.7 Å². The van der Waals surface area contributed by atoms with Gasteiger partial charge in [0.1, 0.15) is 11.5 Å². The van der Waals surface area contributed by atoms with Crippen LogP contribution in [0.2, 0.25) is 0 Å². The molecular weight excluding hydrogens is 349 g/mol. The molecule has 0 fully saturated rings. The molecule has 2 amide bonds. The highest BCUT2D eigenvalue weighted by Crippen LogP contribution is 2.21. The van der Waals surface area contributed by atoms with Crippen LogP contribution in [-0.4, -0.2) is 26.3 Å². The van der Waals surface area contributed by atoms with Crippen molar-refractivity contribution in [2.45, 2.75) is 19.1 Å². The summed E-state index contributed by atoms with van der Waals surface area (Å²) >= 11 is 0. The van der Waals surface area contributed by atoms with E-state index in [9.17, 15) is 14.0 Å². The summed E-state index contributed by atoms with van der Waals surface area (Å²) in [6.45, 7) is 0.680. The van der Waals surface area contributed by atoms with Crippen LogP contribution in [0.1, 0.15) is 38.4 Å². The first kappa shape index (κ1) is 16.9. The number of rotatable bonds is 4. The van der Waals surface area contributed by atoms with Crippen LogP contribution in [0.5, 0.6) is 0 Å². The van der Waals surface area contributed by atoms with Gasteiger partial charge in [-0.2, -0.15) is 0 Å². The van der Waals surface area contributed by atoms with E-state index in [2.05, 4.69) is 20.6 Å². The van der Waals surface area contributed by atoms with Gasteiger partial charge in [-0.1, -0.05) is 18.2 Å². The molecule has 0 aliphatic carbocycles. The summed E-state index contributed by atoms with van der Waals surface area (Å²) in [6.07, 6.45) is 3.20. The van der Waals surface area contributed by atoms with Crippen molar-refractivity contribution in [3.63, 3.8) is 0 Å². The highest BCUT2D eigenvalue weighted by molar-refractivity contribution is 5.96. The Hall–Kier alpha value is -3.55. The van der Waals surface area contributed by atoms with Gasteiger partial charge in [0, 0.05) is 18.9 Å². The second-order valence-electron chi connectivity index (χ2n) is 6.18. The van der Waals surface area contributed by atoms with E-state index >= 15 is 0 Å². The van der Waals surface area contributed by atoms with Crippen LogP contribution in [0.25, 0.3) is 0 Å². The number of carbonyl (C=O) groups is 2. The Morgan fingerprint density at radius 1 is 1.26 bits per heavy atom. The van der Waals surface area contributed by atoms with Gasteiger partial charge in [-0.05, 0) is 29.8 Å². The van der Waals surface area contributed by atoms with E-state index < -0.39 is 0 Å². The second-order valence-corrected chi connectivity index (χ2v) is 6.18. The van der Waals surface area contributed by atoms with Crippen molar-refractivity contribution >= 4 is 11.8 Å². The van der Waals surface area contributed by atoms with Gasteiger partial charge in [0.05, 0.1) is 18.3 Å². The summed E-state index contributed by atoms with van der Waals surface area (Å²) in [5, 5.41) is 5.57. The number of hydrogen-bond donors (Lipinski definition) is 2. The molecule has 27 heavy (non-hydrogen) atoms. The zero-order valence-electron chi connectivity index (χ0n) is 14.2. The van der Waals surface area contributed by atoms with Gasteiger partial charge >= 0.3 is 0 Å². The maximum atomic E-state index is 13.1. The molecule has 1 unspecified atom stereocenters. The molecule has 1 atom stereocenters. The number of fused-ring (bicyclic) bond motifs is 1. The van der Waals surface area contributed by atoms with E-state index in [0.29, 0.717) is 6.54 Å². The highest BCUT2D eigenvalue weighted by Gasteiger charge is 2.28. The smallest absolute Gasteiger partial charge is 0.287 e. The molecule has 1 aliphatic rings. The van der Waals surface area contributed by atoms with Crippen LogP contribution >= 0.6 is 0 Å². The summed E-state index contributed by atoms with van der Waals surface area (Å²) in [4.78, 5) is 33.0. The van der Waals surface area contributed by atoms with E-state index in [1.165, 1.54) is 12.1 Å². The highest BCUT2D eigenvalue weighted by atomic mass is 19.1. The molecule has 0 bridgehead atoms. The molecule has 0 saturated heterocycles. The molecule has 4 rings (SSSR count). The van der Waals surface area contributed by atoms with Crippen molar-refractivity contribution in [1.29, 1.82) is 0 Å². The van der Waals surface area contributed by atoms with Crippen molar-refractivity contribution in [1.82, 2.24) is 25.2 Å². The minimum atomic E-state index is -0.381. The van der Waals surface area contributed by atoms with E-state index in [4.69, 9.17) is 0 Å². The number of halogens is 1. The fraction of sp³-hybridized carbons (Fsp3) is 0.158. The monoisotopic (exact) mass is 365 g/mol. The number of hydrogen-bond acceptors (Lipinski definition) is 4. The standard InChI is InChI=1S/C19H16FN5O2/c20-13-6-4-12(5-7-13)15-10-25-11-16(23-17(25)19(27)24-15)18(26)22-9-14-3-1-2-8-21-14/h1-8,11,15H,9-10H2,(H,22,26)(H,24,27). The first-order valence-electron chi connectivity index (χ1n) is 8.42.